The lowest BCUT2D eigenvalue weighted by Gasteiger charge is -2.26. The minimum atomic E-state index is -0.279. The summed E-state index contributed by atoms with van der Waals surface area (Å²) in [6.07, 6.45) is 5.11. The molecule has 0 aromatic carbocycles. The van der Waals surface area contributed by atoms with Crippen LogP contribution in [0.15, 0.2) is 0 Å². The van der Waals surface area contributed by atoms with Crippen LogP contribution in [0.2, 0.25) is 0 Å². The SMILES string of the molecule is CCCCNC(=O)OCC(CC)C(CCC)NCC. The number of alkyl carbamates (subject to hydrolysis) is 1. The largest absolute Gasteiger partial charge is 0.449 e. The van der Waals surface area contributed by atoms with Gasteiger partial charge in [-0.1, -0.05) is 40.5 Å². The molecule has 0 aromatic heterocycles. The van der Waals surface area contributed by atoms with Gasteiger partial charge in [0.25, 0.3) is 0 Å². The minimum absolute atomic E-state index is 0.279. The Morgan fingerprint density at radius 3 is 2.42 bits per heavy atom. The van der Waals surface area contributed by atoms with Gasteiger partial charge in [0.2, 0.25) is 0 Å². The molecule has 0 spiro atoms. The highest BCUT2D eigenvalue weighted by Crippen LogP contribution is 2.14. The summed E-state index contributed by atoms with van der Waals surface area (Å²) in [4.78, 5) is 11.5. The van der Waals surface area contributed by atoms with E-state index in [1.54, 1.807) is 0 Å². The van der Waals surface area contributed by atoms with Crippen LogP contribution in [0.25, 0.3) is 0 Å². The van der Waals surface area contributed by atoms with Crippen molar-refractivity contribution in [3.63, 3.8) is 0 Å². The van der Waals surface area contributed by atoms with Crippen LogP contribution in [0, 0.1) is 5.92 Å². The van der Waals surface area contributed by atoms with E-state index in [1.807, 2.05) is 0 Å². The van der Waals surface area contributed by atoms with Gasteiger partial charge in [-0.3, -0.25) is 0 Å². The van der Waals surface area contributed by atoms with Gasteiger partial charge in [-0.15, -0.1) is 0 Å². The number of carbonyl (C=O) groups is 1. The molecule has 0 fully saturated rings. The first kappa shape index (κ1) is 18.2. The van der Waals surface area contributed by atoms with E-state index in [4.69, 9.17) is 4.74 Å². The Balaban J connectivity index is 4.04. The average Bonchev–Trinajstić information content (AvgIpc) is 2.40. The Morgan fingerprint density at radius 2 is 1.89 bits per heavy atom. The molecule has 0 saturated carbocycles. The molecule has 0 heterocycles. The molecule has 2 atom stereocenters. The number of carbonyl (C=O) groups excluding carboxylic acids is 1. The van der Waals surface area contributed by atoms with Gasteiger partial charge in [-0.05, 0) is 25.8 Å². The molecule has 4 nitrogen and oxygen atoms in total. The van der Waals surface area contributed by atoms with Crippen LogP contribution in [0.5, 0.6) is 0 Å². The van der Waals surface area contributed by atoms with Gasteiger partial charge >= 0.3 is 6.09 Å². The highest BCUT2D eigenvalue weighted by Gasteiger charge is 2.19. The van der Waals surface area contributed by atoms with E-state index >= 15 is 0 Å². The molecule has 0 aliphatic heterocycles. The highest BCUT2D eigenvalue weighted by atomic mass is 16.5. The van der Waals surface area contributed by atoms with Crippen LogP contribution in [0.1, 0.15) is 59.8 Å². The van der Waals surface area contributed by atoms with E-state index in [-0.39, 0.29) is 6.09 Å². The fourth-order valence-electron chi connectivity index (χ4n) is 2.20. The second-order valence-corrected chi connectivity index (χ2v) is 5.00. The standard InChI is InChI=1S/C15H32N2O2/c1-5-9-11-17-15(18)19-12-13(7-3)14(10-6-2)16-8-4/h13-14,16H,5-12H2,1-4H3,(H,17,18). The summed E-state index contributed by atoms with van der Waals surface area (Å²) < 4.78 is 5.33. The highest BCUT2D eigenvalue weighted by molar-refractivity contribution is 5.67. The van der Waals surface area contributed by atoms with Crippen molar-refractivity contribution in [1.82, 2.24) is 10.6 Å². The first-order chi connectivity index (χ1) is 9.19. The van der Waals surface area contributed by atoms with Crippen molar-refractivity contribution in [2.75, 3.05) is 19.7 Å². The smallest absolute Gasteiger partial charge is 0.407 e. The number of unbranched alkanes of at least 4 members (excludes halogenated alkanes) is 1. The van der Waals surface area contributed by atoms with E-state index in [0.717, 1.165) is 38.6 Å². The zero-order chi connectivity index (χ0) is 14.5. The summed E-state index contributed by atoms with van der Waals surface area (Å²) >= 11 is 0. The van der Waals surface area contributed by atoms with Crippen LogP contribution < -0.4 is 10.6 Å². The molecule has 0 rings (SSSR count). The van der Waals surface area contributed by atoms with Crippen LogP contribution in [-0.2, 0) is 4.74 Å². The molecule has 2 N–H and O–H groups in total. The molecule has 0 aliphatic rings. The van der Waals surface area contributed by atoms with Gasteiger partial charge in [0.15, 0.2) is 0 Å². The fraction of sp³-hybridized carbons (Fsp3) is 0.933. The third-order valence-electron chi connectivity index (χ3n) is 3.39. The van der Waals surface area contributed by atoms with Crippen molar-refractivity contribution in [2.45, 2.75) is 65.8 Å². The lowest BCUT2D eigenvalue weighted by Crippen LogP contribution is -2.39. The van der Waals surface area contributed by atoms with Gasteiger partial charge in [-0.2, -0.15) is 0 Å². The second-order valence-electron chi connectivity index (χ2n) is 5.00. The normalized spacial score (nSPS) is 13.9. The van der Waals surface area contributed by atoms with Crippen LogP contribution in [-0.4, -0.2) is 31.8 Å². The Hall–Kier alpha value is -0.770. The number of rotatable bonds is 11. The molecule has 0 saturated heterocycles. The molecule has 0 aliphatic carbocycles. The van der Waals surface area contributed by atoms with E-state index in [1.165, 1.54) is 0 Å². The second kappa shape index (κ2) is 12.3. The number of hydrogen-bond donors (Lipinski definition) is 2. The van der Waals surface area contributed by atoms with Crippen molar-refractivity contribution >= 4 is 6.09 Å². The predicted molar refractivity (Wildman–Crippen MR) is 80.4 cm³/mol. The molecule has 2 unspecified atom stereocenters. The van der Waals surface area contributed by atoms with Gasteiger partial charge in [0, 0.05) is 18.5 Å². The van der Waals surface area contributed by atoms with E-state index < -0.39 is 0 Å². The van der Waals surface area contributed by atoms with Crippen LogP contribution in [0.3, 0.4) is 0 Å². The summed E-state index contributed by atoms with van der Waals surface area (Å²) in [5.41, 5.74) is 0. The van der Waals surface area contributed by atoms with Crippen LogP contribution >= 0.6 is 0 Å². The van der Waals surface area contributed by atoms with Crippen molar-refractivity contribution in [3.8, 4) is 0 Å². The maximum absolute atomic E-state index is 11.5. The van der Waals surface area contributed by atoms with Crippen molar-refractivity contribution < 1.29 is 9.53 Å². The minimum Gasteiger partial charge on any atom is -0.449 e. The van der Waals surface area contributed by atoms with Gasteiger partial charge in [0.05, 0.1) is 6.61 Å². The Morgan fingerprint density at radius 1 is 1.16 bits per heavy atom. The van der Waals surface area contributed by atoms with Gasteiger partial charge in [-0.25, -0.2) is 4.79 Å². The van der Waals surface area contributed by atoms with Gasteiger partial charge < -0.3 is 15.4 Å². The molecule has 0 radical (unpaired) electrons. The third-order valence-corrected chi connectivity index (χ3v) is 3.39. The van der Waals surface area contributed by atoms with Crippen LogP contribution in [0.4, 0.5) is 4.79 Å². The fourth-order valence-corrected chi connectivity index (χ4v) is 2.20. The Bertz CT molecular complexity index is 216. The maximum atomic E-state index is 11.5. The molecule has 1 amide bonds. The Kier molecular flexibility index (Phi) is 11.8. The number of amides is 1. The molecule has 19 heavy (non-hydrogen) atoms. The average molecular weight is 272 g/mol. The molecule has 0 aromatic rings. The summed E-state index contributed by atoms with van der Waals surface area (Å²) in [6, 6.07) is 0.448. The predicted octanol–water partition coefficient (Wildman–Crippen LogP) is 3.32. The molecular formula is C15H32N2O2. The lowest BCUT2D eigenvalue weighted by atomic mass is 9.94. The van der Waals surface area contributed by atoms with Crippen molar-refractivity contribution in [3.05, 3.63) is 0 Å². The van der Waals surface area contributed by atoms with E-state index in [9.17, 15) is 4.79 Å². The molecular weight excluding hydrogens is 240 g/mol. The third kappa shape index (κ3) is 8.87. The summed E-state index contributed by atoms with van der Waals surface area (Å²) in [6.45, 7) is 10.7. The first-order valence-electron chi connectivity index (χ1n) is 7.83. The quantitative estimate of drug-likeness (QED) is 0.567. The summed E-state index contributed by atoms with van der Waals surface area (Å²) in [7, 11) is 0. The first-order valence-corrected chi connectivity index (χ1v) is 7.83. The number of nitrogens with one attached hydrogen (secondary N) is 2. The monoisotopic (exact) mass is 272 g/mol. The number of ether oxygens (including phenoxy) is 1. The van der Waals surface area contributed by atoms with Crippen molar-refractivity contribution in [2.24, 2.45) is 5.92 Å². The Labute approximate surface area is 118 Å². The molecule has 114 valence electrons. The summed E-state index contributed by atoms with van der Waals surface area (Å²) in [5, 5.41) is 6.28. The zero-order valence-electron chi connectivity index (χ0n) is 13.1. The van der Waals surface area contributed by atoms with Crippen molar-refractivity contribution in [1.29, 1.82) is 0 Å². The van der Waals surface area contributed by atoms with E-state index in [2.05, 4.69) is 38.3 Å². The topological polar surface area (TPSA) is 50.4 Å². The summed E-state index contributed by atoms with van der Waals surface area (Å²) in [5.74, 6) is 0.400. The maximum Gasteiger partial charge on any atom is 0.407 e. The van der Waals surface area contributed by atoms with Gasteiger partial charge in [0.1, 0.15) is 0 Å². The zero-order valence-corrected chi connectivity index (χ0v) is 13.1. The number of hydrogen-bond acceptors (Lipinski definition) is 3. The van der Waals surface area contributed by atoms with E-state index in [0.29, 0.717) is 25.1 Å². The lowest BCUT2D eigenvalue weighted by molar-refractivity contribution is 0.112. The molecule has 4 heteroatoms. The molecule has 0 bridgehead atoms.